The van der Waals surface area contributed by atoms with Crippen LogP contribution in [0.5, 0.6) is 0 Å². The minimum Gasteiger partial charge on any atom is -0.381 e. The Morgan fingerprint density at radius 3 is 2.95 bits per heavy atom. The number of nitrogens with zero attached hydrogens (tertiary/aromatic N) is 3. The normalized spacial score (nSPS) is 10.4. The van der Waals surface area contributed by atoms with Crippen molar-refractivity contribution in [2.75, 3.05) is 16.8 Å². The molecule has 0 radical (unpaired) electrons. The Kier molecular flexibility index (Phi) is 4.27. The number of aryl methyl sites for hydroxylation is 1. The van der Waals surface area contributed by atoms with Gasteiger partial charge in [0.25, 0.3) is 0 Å². The van der Waals surface area contributed by atoms with Crippen LogP contribution in [-0.4, -0.2) is 26.6 Å². The standard InChI is InChI=1S/C10H10FN5OS2/c1-5-2-13-10(19-5)15-7(17)4-18-9-14-3-6(11)8(12)16-9/h2-3H,4H2,1H3,(H2,12,14,16)(H,13,15,17). The number of amides is 1. The average molecular weight is 299 g/mol. The van der Waals surface area contributed by atoms with E-state index < -0.39 is 5.82 Å². The van der Waals surface area contributed by atoms with Crippen molar-refractivity contribution in [3.05, 3.63) is 23.1 Å². The number of rotatable bonds is 4. The van der Waals surface area contributed by atoms with Crippen LogP contribution >= 0.6 is 23.1 Å². The molecule has 0 spiro atoms. The topological polar surface area (TPSA) is 93.8 Å². The molecule has 0 saturated carbocycles. The molecule has 0 saturated heterocycles. The number of hydrogen-bond acceptors (Lipinski definition) is 7. The number of thioether (sulfide) groups is 1. The van der Waals surface area contributed by atoms with Crippen LogP contribution in [0.3, 0.4) is 0 Å². The predicted molar refractivity (Wildman–Crippen MR) is 72.6 cm³/mol. The molecule has 2 aromatic rings. The molecule has 100 valence electrons. The summed E-state index contributed by atoms with van der Waals surface area (Å²) in [6, 6.07) is 0. The molecular weight excluding hydrogens is 289 g/mol. The largest absolute Gasteiger partial charge is 0.381 e. The van der Waals surface area contributed by atoms with E-state index in [1.807, 2.05) is 6.92 Å². The maximum Gasteiger partial charge on any atom is 0.236 e. The minimum atomic E-state index is -0.674. The van der Waals surface area contributed by atoms with Crippen molar-refractivity contribution in [2.24, 2.45) is 0 Å². The van der Waals surface area contributed by atoms with Gasteiger partial charge in [0, 0.05) is 11.1 Å². The number of nitrogens with one attached hydrogen (secondary N) is 1. The number of aromatic nitrogens is 3. The molecule has 0 unspecified atom stereocenters. The van der Waals surface area contributed by atoms with Crippen molar-refractivity contribution < 1.29 is 9.18 Å². The third-order valence-electron chi connectivity index (χ3n) is 1.95. The number of halogens is 1. The fourth-order valence-electron chi connectivity index (χ4n) is 1.13. The summed E-state index contributed by atoms with van der Waals surface area (Å²) in [5, 5.41) is 3.44. The van der Waals surface area contributed by atoms with Gasteiger partial charge in [-0.25, -0.2) is 19.3 Å². The number of hydrogen-bond donors (Lipinski definition) is 2. The molecule has 2 heterocycles. The van der Waals surface area contributed by atoms with E-state index in [0.29, 0.717) is 5.13 Å². The van der Waals surface area contributed by atoms with Gasteiger partial charge in [0.1, 0.15) is 0 Å². The summed E-state index contributed by atoms with van der Waals surface area (Å²) >= 11 is 2.46. The molecule has 3 N–H and O–H groups in total. The Hall–Kier alpha value is -1.74. The summed E-state index contributed by atoms with van der Waals surface area (Å²) in [7, 11) is 0. The molecule has 0 aliphatic heterocycles. The fraction of sp³-hybridized carbons (Fsp3) is 0.200. The van der Waals surface area contributed by atoms with Gasteiger partial charge < -0.3 is 11.1 Å². The second kappa shape index (κ2) is 5.93. The highest BCUT2D eigenvalue weighted by atomic mass is 32.2. The minimum absolute atomic E-state index is 0.101. The molecule has 6 nitrogen and oxygen atoms in total. The van der Waals surface area contributed by atoms with Crippen LogP contribution in [0.4, 0.5) is 15.3 Å². The Labute approximate surface area is 116 Å². The van der Waals surface area contributed by atoms with Crippen LogP contribution in [0.15, 0.2) is 17.6 Å². The molecule has 0 aliphatic rings. The predicted octanol–water partition coefficient (Wildman–Crippen LogP) is 1.69. The Bertz CT molecular complexity index is 603. The summed E-state index contributed by atoms with van der Waals surface area (Å²) < 4.78 is 12.8. The number of carbonyl (C=O) groups is 1. The first-order valence-electron chi connectivity index (χ1n) is 5.17. The molecule has 0 fully saturated rings. The molecule has 0 aromatic carbocycles. The summed E-state index contributed by atoms with van der Waals surface area (Å²) in [5.74, 6) is -1.03. The van der Waals surface area contributed by atoms with Gasteiger partial charge in [-0.05, 0) is 6.92 Å². The van der Waals surface area contributed by atoms with Gasteiger partial charge in [-0.2, -0.15) is 0 Å². The van der Waals surface area contributed by atoms with Crippen molar-refractivity contribution in [3.8, 4) is 0 Å². The van der Waals surface area contributed by atoms with E-state index in [1.54, 1.807) is 6.20 Å². The van der Waals surface area contributed by atoms with Gasteiger partial charge in [-0.1, -0.05) is 11.8 Å². The maximum atomic E-state index is 12.8. The summed E-state index contributed by atoms with van der Waals surface area (Å²) in [6.45, 7) is 1.90. The third-order valence-corrected chi connectivity index (χ3v) is 3.64. The lowest BCUT2D eigenvalue weighted by Crippen LogP contribution is -2.14. The average Bonchev–Trinajstić information content (AvgIpc) is 2.76. The first kappa shape index (κ1) is 13.7. The smallest absolute Gasteiger partial charge is 0.236 e. The van der Waals surface area contributed by atoms with Crippen molar-refractivity contribution in [1.29, 1.82) is 0 Å². The van der Waals surface area contributed by atoms with Gasteiger partial charge in [-0.15, -0.1) is 11.3 Å². The molecule has 2 rings (SSSR count). The highest BCUT2D eigenvalue weighted by Crippen LogP contribution is 2.18. The molecule has 9 heteroatoms. The van der Waals surface area contributed by atoms with Crippen molar-refractivity contribution in [2.45, 2.75) is 12.1 Å². The van der Waals surface area contributed by atoms with Gasteiger partial charge in [0.05, 0.1) is 11.9 Å². The van der Waals surface area contributed by atoms with Gasteiger partial charge in [0.2, 0.25) is 5.91 Å². The zero-order valence-electron chi connectivity index (χ0n) is 9.88. The van der Waals surface area contributed by atoms with E-state index in [4.69, 9.17) is 5.73 Å². The monoisotopic (exact) mass is 299 g/mol. The van der Waals surface area contributed by atoms with Crippen LogP contribution in [0.2, 0.25) is 0 Å². The van der Waals surface area contributed by atoms with E-state index in [1.165, 1.54) is 11.3 Å². The number of thiazole rings is 1. The van der Waals surface area contributed by atoms with E-state index in [9.17, 15) is 9.18 Å². The second-order valence-corrected chi connectivity index (χ2v) is 5.68. The van der Waals surface area contributed by atoms with Gasteiger partial charge in [-0.3, -0.25) is 4.79 Å². The van der Waals surface area contributed by atoms with E-state index >= 15 is 0 Å². The molecule has 0 bridgehead atoms. The number of anilines is 2. The highest BCUT2D eigenvalue weighted by Gasteiger charge is 2.09. The second-order valence-electron chi connectivity index (χ2n) is 3.50. The summed E-state index contributed by atoms with van der Waals surface area (Å²) in [6.07, 6.45) is 2.66. The lowest BCUT2D eigenvalue weighted by molar-refractivity contribution is -0.113. The van der Waals surface area contributed by atoms with E-state index in [-0.39, 0.29) is 22.6 Å². The van der Waals surface area contributed by atoms with Crippen molar-refractivity contribution >= 4 is 40.0 Å². The van der Waals surface area contributed by atoms with Crippen LogP contribution in [-0.2, 0) is 4.79 Å². The SMILES string of the molecule is Cc1cnc(NC(=O)CSc2ncc(F)c(N)n2)s1. The zero-order valence-corrected chi connectivity index (χ0v) is 11.5. The van der Waals surface area contributed by atoms with Crippen LogP contribution in [0, 0.1) is 12.7 Å². The quantitative estimate of drug-likeness (QED) is 0.659. The highest BCUT2D eigenvalue weighted by molar-refractivity contribution is 7.99. The van der Waals surface area contributed by atoms with Gasteiger partial charge in [0.15, 0.2) is 21.9 Å². The first-order chi connectivity index (χ1) is 9.04. The lowest BCUT2D eigenvalue weighted by atomic mass is 10.6. The van der Waals surface area contributed by atoms with Crippen LogP contribution in [0.25, 0.3) is 0 Å². The third kappa shape index (κ3) is 3.86. The Morgan fingerprint density at radius 1 is 1.53 bits per heavy atom. The van der Waals surface area contributed by atoms with E-state index in [2.05, 4.69) is 20.3 Å². The van der Waals surface area contributed by atoms with Gasteiger partial charge >= 0.3 is 0 Å². The molecule has 0 atom stereocenters. The molecule has 2 aromatic heterocycles. The number of nitrogen functional groups attached to an aromatic ring is 1. The number of nitrogens with two attached hydrogens (primary N) is 1. The van der Waals surface area contributed by atoms with Crippen molar-refractivity contribution in [1.82, 2.24) is 15.0 Å². The Balaban J connectivity index is 1.88. The Morgan fingerprint density at radius 2 is 2.32 bits per heavy atom. The number of carbonyl (C=O) groups excluding carboxylic acids is 1. The molecule has 19 heavy (non-hydrogen) atoms. The fourth-order valence-corrected chi connectivity index (χ4v) is 2.43. The van der Waals surface area contributed by atoms with Crippen molar-refractivity contribution in [3.63, 3.8) is 0 Å². The molecule has 0 aliphatic carbocycles. The van der Waals surface area contributed by atoms with Crippen LogP contribution in [0.1, 0.15) is 4.88 Å². The molecule has 1 amide bonds. The first-order valence-corrected chi connectivity index (χ1v) is 6.98. The van der Waals surface area contributed by atoms with Crippen LogP contribution < -0.4 is 11.1 Å². The summed E-state index contributed by atoms with van der Waals surface area (Å²) in [5.41, 5.74) is 5.31. The zero-order chi connectivity index (χ0) is 13.8. The van der Waals surface area contributed by atoms with E-state index in [0.717, 1.165) is 22.8 Å². The molecular formula is C10H10FN5OS2. The summed E-state index contributed by atoms with van der Waals surface area (Å²) in [4.78, 5) is 24.1. The maximum absolute atomic E-state index is 12.8. The lowest BCUT2D eigenvalue weighted by Gasteiger charge is -2.02.